The fourth-order valence-corrected chi connectivity index (χ4v) is 2.57. The van der Waals surface area contributed by atoms with Crippen molar-refractivity contribution in [3.05, 3.63) is 12.4 Å². The molecule has 1 unspecified atom stereocenters. The SMILES string of the molecule is CC1(C)CCCNC1C(=O)NCCCn1ccnn1. The van der Waals surface area contributed by atoms with Crippen molar-refractivity contribution in [3.63, 3.8) is 0 Å². The highest BCUT2D eigenvalue weighted by Crippen LogP contribution is 2.29. The van der Waals surface area contributed by atoms with Crippen LogP contribution in [0.25, 0.3) is 0 Å². The van der Waals surface area contributed by atoms with Crippen molar-refractivity contribution >= 4 is 5.91 Å². The Balaban J connectivity index is 1.71. The minimum Gasteiger partial charge on any atom is -0.355 e. The van der Waals surface area contributed by atoms with Crippen LogP contribution in [-0.4, -0.2) is 40.0 Å². The van der Waals surface area contributed by atoms with Crippen molar-refractivity contribution in [2.45, 2.75) is 45.7 Å². The van der Waals surface area contributed by atoms with E-state index in [1.165, 1.54) is 0 Å². The van der Waals surface area contributed by atoms with E-state index in [-0.39, 0.29) is 17.4 Å². The van der Waals surface area contributed by atoms with Crippen molar-refractivity contribution in [2.24, 2.45) is 5.41 Å². The van der Waals surface area contributed by atoms with Gasteiger partial charge in [0.05, 0.1) is 12.2 Å². The third kappa shape index (κ3) is 3.76. The Morgan fingerprint density at radius 3 is 3.11 bits per heavy atom. The second-order valence-electron chi connectivity index (χ2n) is 5.79. The molecule has 2 N–H and O–H groups in total. The second kappa shape index (κ2) is 6.14. The van der Waals surface area contributed by atoms with E-state index in [1.54, 1.807) is 10.9 Å². The van der Waals surface area contributed by atoms with Crippen LogP contribution in [0.3, 0.4) is 0 Å². The van der Waals surface area contributed by atoms with Gasteiger partial charge in [-0.2, -0.15) is 0 Å². The average molecular weight is 265 g/mol. The highest BCUT2D eigenvalue weighted by Gasteiger charge is 2.36. The van der Waals surface area contributed by atoms with E-state index in [0.29, 0.717) is 6.54 Å². The number of hydrogen-bond donors (Lipinski definition) is 2. The lowest BCUT2D eigenvalue weighted by molar-refractivity contribution is -0.126. The average Bonchev–Trinajstić information content (AvgIpc) is 2.87. The van der Waals surface area contributed by atoms with E-state index in [4.69, 9.17) is 0 Å². The fraction of sp³-hybridized carbons (Fsp3) is 0.769. The van der Waals surface area contributed by atoms with Crippen LogP contribution in [0.15, 0.2) is 12.4 Å². The van der Waals surface area contributed by atoms with Gasteiger partial charge in [0.2, 0.25) is 5.91 Å². The number of nitrogens with zero attached hydrogens (tertiary/aromatic N) is 3. The molecule has 2 rings (SSSR count). The molecule has 1 aliphatic rings. The number of piperidine rings is 1. The zero-order chi connectivity index (χ0) is 13.7. The highest BCUT2D eigenvalue weighted by molar-refractivity contribution is 5.82. The Bertz CT molecular complexity index is 401. The molecule has 1 aromatic heterocycles. The highest BCUT2D eigenvalue weighted by atomic mass is 16.2. The third-order valence-corrected chi connectivity index (χ3v) is 3.73. The Morgan fingerprint density at radius 1 is 1.58 bits per heavy atom. The van der Waals surface area contributed by atoms with E-state index in [9.17, 15) is 4.79 Å². The number of rotatable bonds is 5. The molecule has 0 spiro atoms. The quantitative estimate of drug-likeness (QED) is 0.763. The molecule has 0 radical (unpaired) electrons. The molecule has 1 saturated heterocycles. The van der Waals surface area contributed by atoms with Crippen LogP contribution >= 0.6 is 0 Å². The van der Waals surface area contributed by atoms with Crippen LogP contribution < -0.4 is 10.6 Å². The van der Waals surface area contributed by atoms with Crippen molar-refractivity contribution in [3.8, 4) is 0 Å². The molecule has 19 heavy (non-hydrogen) atoms. The van der Waals surface area contributed by atoms with Crippen LogP contribution in [-0.2, 0) is 11.3 Å². The molecule has 1 aromatic rings. The first-order chi connectivity index (χ1) is 9.09. The monoisotopic (exact) mass is 265 g/mol. The lowest BCUT2D eigenvalue weighted by Crippen LogP contribution is -2.55. The minimum atomic E-state index is -0.0763. The predicted octanol–water partition coefficient (Wildman–Crippen LogP) is 0.563. The van der Waals surface area contributed by atoms with E-state index < -0.39 is 0 Å². The molecule has 0 aliphatic carbocycles. The summed E-state index contributed by atoms with van der Waals surface area (Å²) in [4.78, 5) is 12.2. The van der Waals surface area contributed by atoms with Gasteiger partial charge in [-0.05, 0) is 31.2 Å². The zero-order valence-corrected chi connectivity index (χ0v) is 11.7. The molecule has 1 atom stereocenters. The van der Waals surface area contributed by atoms with Gasteiger partial charge in [-0.25, -0.2) is 0 Å². The molecule has 6 heteroatoms. The first-order valence-corrected chi connectivity index (χ1v) is 6.95. The van der Waals surface area contributed by atoms with Crippen LogP contribution in [0.1, 0.15) is 33.1 Å². The maximum Gasteiger partial charge on any atom is 0.237 e. The van der Waals surface area contributed by atoms with Crippen LogP contribution in [0.5, 0.6) is 0 Å². The molecule has 6 nitrogen and oxygen atoms in total. The number of aromatic nitrogens is 3. The summed E-state index contributed by atoms with van der Waals surface area (Å²) in [6.45, 7) is 6.69. The molecule has 0 saturated carbocycles. The van der Waals surface area contributed by atoms with Crippen molar-refractivity contribution < 1.29 is 4.79 Å². The van der Waals surface area contributed by atoms with Crippen LogP contribution in [0.4, 0.5) is 0 Å². The largest absolute Gasteiger partial charge is 0.355 e. The second-order valence-corrected chi connectivity index (χ2v) is 5.79. The summed E-state index contributed by atoms with van der Waals surface area (Å²) in [6.07, 6.45) is 6.59. The van der Waals surface area contributed by atoms with Gasteiger partial charge in [-0.3, -0.25) is 9.48 Å². The molecular formula is C13H23N5O. The molecule has 0 bridgehead atoms. The van der Waals surface area contributed by atoms with Gasteiger partial charge in [-0.1, -0.05) is 19.1 Å². The van der Waals surface area contributed by atoms with Gasteiger partial charge in [0.15, 0.2) is 0 Å². The maximum atomic E-state index is 12.2. The predicted molar refractivity (Wildman–Crippen MR) is 72.5 cm³/mol. The topological polar surface area (TPSA) is 71.8 Å². The van der Waals surface area contributed by atoms with E-state index in [0.717, 1.165) is 32.4 Å². The Labute approximate surface area is 113 Å². The summed E-state index contributed by atoms with van der Waals surface area (Å²) in [6, 6.07) is -0.0763. The number of amides is 1. The number of aryl methyl sites for hydroxylation is 1. The smallest absolute Gasteiger partial charge is 0.237 e. The van der Waals surface area contributed by atoms with Crippen molar-refractivity contribution in [1.82, 2.24) is 25.6 Å². The first-order valence-electron chi connectivity index (χ1n) is 6.95. The van der Waals surface area contributed by atoms with E-state index >= 15 is 0 Å². The Morgan fingerprint density at radius 2 is 2.42 bits per heavy atom. The Hall–Kier alpha value is -1.43. The standard InChI is InChI=1S/C13H23N5O/c1-13(2)5-3-6-14-11(13)12(19)15-7-4-9-18-10-8-16-17-18/h8,10-11,14H,3-7,9H2,1-2H3,(H,15,19). The fourth-order valence-electron chi connectivity index (χ4n) is 2.57. The maximum absolute atomic E-state index is 12.2. The van der Waals surface area contributed by atoms with Crippen LogP contribution in [0.2, 0.25) is 0 Å². The van der Waals surface area contributed by atoms with Gasteiger partial charge in [0, 0.05) is 19.3 Å². The van der Waals surface area contributed by atoms with E-state index in [1.807, 2.05) is 6.20 Å². The van der Waals surface area contributed by atoms with Gasteiger partial charge in [-0.15, -0.1) is 5.10 Å². The summed E-state index contributed by atoms with van der Waals surface area (Å²) in [5, 5.41) is 14.0. The third-order valence-electron chi connectivity index (χ3n) is 3.73. The Kier molecular flexibility index (Phi) is 4.52. The number of hydrogen-bond acceptors (Lipinski definition) is 4. The molecular weight excluding hydrogens is 242 g/mol. The number of nitrogens with one attached hydrogen (secondary N) is 2. The van der Waals surface area contributed by atoms with E-state index in [2.05, 4.69) is 34.8 Å². The number of carbonyl (C=O) groups is 1. The summed E-state index contributed by atoms with van der Waals surface area (Å²) >= 11 is 0. The minimum absolute atomic E-state index is 0.0359. The molecule has 1 fully saturated rings. The molecule has 1 amide bonds. The number of carbonyl (C=O) groups excluding carboxylic acids is 1. The lowest BCUT2D eigenvalue weighted by atomic mass is 9.77. The normalized spacial score (nSPS) is 22.1. The van der Waals surface area contributed by atoms with Crippen LogP contribution in [0, 0.1) is 5.41 Å². The molecule has 1 aliphatic heterocycles. The van der Waals surface area contributed by atoms with Gasteiger partial charge in [0.25, 0.3) is 0 Å². The molecule has 0 aromatic carbocycles. The van der Waals surface area contributed by atoms with Gasteiger partial charge >= 0.3 is 0 Å². The first kappa shape index (κ1) is 14.0. The summed E-state index contributed by atoms with van der Waals surface area (Å²) in [5.41, 5.74) is 0.0359. The van der Waals surface area contributed by atoms with Gasteiger partial charge < -0.3 is 10.6 Å². The van der Waals surface area contributed by atoms with Gasteiger partial charge in [0.1, 0.15) is 0 Å². The van der Waals surface area contributed by atoms with Crippen molar-refractivity contribution in [1.29, 1.82) is 0 Å². The summed E-state index contributed by atoms with van der Waals surface area (Å²) < 4.78 is 1.77. The molecule has 2 heterocycles. The summed E-state index contributed by atoms with van der Waals surface area (Å²) in [7, 11) is 0. The zero-order valence-electron chi connectivity index (χ0n) is 11.7. The molecule has 106 valence electrons. The lowest BCUT2D eigenvalue weighted by Gasteiger charge is -2.38. The van der Waals surface area contributed by atoms with Crippen molar-refractivity contribution in [2.75, 3.05) is 13.1 Å². The summed E-state index contributed by atoms with van der Waals surface area (Å²) in [5.74, 6) is 0.114.